The van der Waals surface area contributed by atoms with Gasteiger partial charge in [-0.05, 0) is 4.57 Å². The SMILES string of the molecule is C[P+](=O)OCCC(N)C(=O)O.N. The summed E-state index contributed by atoms with van der Waals surface area (Å²) < 4.78 is 15.0. The first-order chi connectivity index (χ1) is 5.04. The number of carboxylic acids is 1. The highest BCUT2D eigenvalue weighted by Gasteiger charge is 2.14. The van der Waals surface area contributed by atoms with Gasteiger partial charge in [-0.3, -0.25) is 4.79 Å². The van der Waals surface area contributed by atoms with Crippen LogP contribution in [0.25, 0.3) is 0 Å². The van der Waals surface area contributed by atoms with Crippen molar-refractivity contribution in [3.05, 3.63) is 0 Å². The van der Waals surface area contributed by atoms with Crippen molar-refractivity contribution < 1.29 is 19.0 Å². The first-order valence-electron chi connectivity index (χ1n) is 3.06. The minimum atomic E-state index is -1.65. The molecule has 72 valence electrons. The second-order valence-corrected chi connectivity index (χ2v) is 3.14. The number of carboxylic acid groups (broad SMARTS) is 1. The molecular formula is C5H14N2O4P+. The molecule has 0 aromatic heterocycles. The molecule has 0 aromatic rings. The molecule has 12 heavy (non-hydrogen) atoms. The van der Waals surface area contributed by atoms with E-state index in [-0.39, 0.29) is 19.2 Å². The van der Waals surface area contributed by atoms with E-state index >= 15 is 0 Å². The van der Waals surface area contributed by atoms with Crippen LogP contribution in [-0.4, -0.2) is 30.4 Å². The maximum absolute atomic E-state index is 10.3. The average molecular weight is 197 g/mol. The van der Waals surface area contributed by atoms with Crippen LogP contribution in [0, 0.1) is 0 Å². The summed E-state index contributed by atoms with van der Waals surface area (Å²) in [5.41, 5.74) is 5.13. The van der Waals surface area contributed by atoms with E-state index < -0.39 is 20.0 Å². The summed E-state index contributed by atoms with van der Waals surface area (Å²) in [6.45, 7) is 1.53. The Morgan fingerprint density at radius 1 is 1.75 bits per heavy atom. The van der Waals surface area contributed by atoms with Gasteiger partial charge in [0.2, 0.25) is 0 Å². The first kappa shape index (κ1) is 14.0. The highest BCUT2D eigenvalue weighted by atomic mass is 31.1. The summed E-state index contributed by atoms with van der Waals surface area (Å²) >= 11 is 0. The number of hydrogen-bond acceptors (Lipinski definition) is 5. The summed E-state index contributed by atoms with van der Waals surface area (Å²) in [6.07, 6.45) is 0.185. The third-order valence-corrected chi connectivity index (χ3v) is 1.57. The van der Waals surface area contributed by atoms with Crippen LogP contribution in [0.3, 0.4) is 0 Å². The molecule has 6 N–H and O–H groups in total. The molecule has 0 aliphatic rings. The standard InChI is InChI=1S/C5H10NO4P.H3N/c1-11(9)10-3-2-4(6)5(7)8;/h4H,2-3,6H2,1H3;1H3/p+1. The zero-order valence-corrected chi connectivity index (χ0v) is 7.79. The maximum atomic E-state index is 10.3. The smallest absolute Gasteiger partial charge is 0.480 e. The zero-order valence-electron chi connectivity index (χ0n) is 6.90. The number of nitrogens with two attached hydrogens (primary N) is 1. The quantitative estimate of drug-likeness (QED) is 0.545. The Morgan fingerprint density at radius 2 is 2.25 bits per heavy atom. The van der Waals surface area contributed by atoms with Crippen LogP contribution >= 0.6 is 8.03 Å². The molecule has 0 rings (SSSR count). The second-order valence-electron chi connectivity index (χ2n) is 2.01. The Morgan fingerprint density at radius 3 is 2.58 bits per heavy atom. The van der Waals surface area contributed by atoms with Gasteiger partial charge in [0.05, 0.1) is 0 Å². The van der Waals surface area contributed by atoms with Crippen LogP contribution in [0.2, 0.25) is 0 Å². The lowest BCUT2D eigenvalue weighted by Gasteiger charge is -2.00. The van der Waals surface area contributed by atoms with Gasteiger partial charge in [-0.1, -0.05) is 0 Å². The monoisotopic (exact) mass is 197 g/mol. The van der Waals surface area contributed by atoms with Crippen LogP contribution in [0.5, 0.6) is 0 Å². The maximum Gasteiger partial charge on any atom is 0.504 e. The predicted molar refractivity (Wildman–Crippen MR) is 44.7 cm³/mol. The van der Waals surface area contributed by atoms with Gasteiger partial charge < -0.3 is 17.0 Å². The van der Waals surface area contributed by atoms with Crippen molar-refractivity contribution in [1.29, 1.82) is 0 Å². The molecule has 2 atom stereocenters. The molecule has 7 heteroatoms. The number of hydrogen-bond donors (Lipinski definition) is 3. The average Bonchev–Trinajstić information content (AvgIpc) is 1.86. The van der Waals surface area contributed by atoms with E-state index in [9.17, 15) is 9.36 Å². The van der Waals surface area contributed by atoms with E-state index in [0.717, 1.165) is 0 Å². The van der Waals surface area contributed by atoms with Crippen molar-refractivity contribution in [3.8, 4) is 0 Å². The van der Waals surface area contributed by atoms with E-state index in [1.54, 1.807) is 0 Å². The molecule has 0 aliphatic heterocycles. The molecule has 6 nitrogen and oxygen atoms in total. The largest absolute Gasteiger partial charge is 0.504 e. The van der Waals surface area contributed by atoms with Crippen molar-refractivity contribution in [2.24, 2.45) is 5.73 Å². The fourth-order valence-electron chi connectivity index (χ4n) is 0.432. The minimum Gasteiger partial charge on any atom is -0.480 e. The third-order valence-electron chi connectivity index (χ3n) is 1.02. The summed E-state index contributed by atoms with van der Waals surface area (Å²) in [4.78, 5) is 10.1. The molecular weight excluding hydrogens is 183 g/mol. The normalized spacial score (nSPS) is 13.0. The van der Waals surface area contributed by atoms with Gasteiger partial charge in [0, 0.05) is 6.42 Å². The van der Waals surface area contributed by atoms with Crippen molar-refractivity contribution in [2.45, 2.75) is 12.5 Å². The molecule has 0 bridgehead atoms. The van der Waals surface area contributed by atoms with Crippen LogP contribution in [0.1, 0.15) is 6.42 Å². The fourth-order valence-corrected chi connectivity index (χ4v) is 0.794. The Kier molecular flexibility index (Phi) is 8.31. The van der Waals surface area contributed by atoms with E-state index in [4.69, 9.17) is 10.8 Å². The van der Waals surface area contributed by atoms with E-state index in [2.05, 4.69) is 4.52 Å². The van der Waals surface area contributed by atoms with E-state index in [1.807, 2.05) is 0 Å². The highest BCUT2D eigenvalue weighted by Crippen LogP contribution is 2.15. The van der Waals surface area contributed by atoms with Crippen molar-refractivity contribution in [2.75, 3.05) is 13.3 Å². The summed E-state index contributed by atoms with van der Waals surface area (Å²) in [5, 5.41) is 8.29. The van der Waals surface area contributed by atoms with Crippen LogP contribution < -0.4 is 11.9 Å². The molecule has 0 amide bonds. The third kappa shape index (κ3) is 7.56. The van der Waals surface area contributed by atoms with Gasteiger partial charge in [0.25, 0.3) is 0 Å². The fraction of sp³-hybridized carbons (Fsp3) is 0.800. The van der Waals surface area contributed by atoms with Gasteiger partial charge in [0.15, 0.2) is 6.66 Å². The van der Waals surface area contributed by atoms with Crippen LogP contribution in [0.4, 0.5) is 0 Å². The van der Waals surface area contributed by atoms with E-state index in [0.29, 0.717) is 0 Å². The summed E-state index contributed by atoms with van der Waals surface area (Å²) in [7, 11) is -1.65. The molecule has 2 unspecified atom stereocenters. The summed E-state index contributed by atoms with van der Waals surface area (Å²) in [6, 6.07) is -0.926. The molecule has 0 aliphatic carbocycles. The Balaban J connectivity index is 0. The van der Waals surface area contributed by atoms with Gasteiger partial charge >= 0.3 is 14.0 Å². The van der Waals surface area contributed by atoms with Crippen molar-refractivity contribution in [1.82, 2.24) is 6.15 Å². The van der Waals surface area contributed by atoms with Crippen LogP contribution in [-0.2, 0) is 13.9 Å². The lowest BCUT2D eigenvalue weighted by Crippen LogP contribution is -2.30. The lowest BCUT2D eigenvalue weighted by molar-refractivity contribution is -0.138. The topological polar surface area (TPSA) is 125 Å². The highest BCUT2D eigenvalue weighted by molar-refractivity contribution is 7.38. The summed E-state index contributed by atoms with van der Waals surface area (Å²) in [5.74, 6) is -1.07. The molecule has 0 heterocycles. The molecule has 0 fully saturated rings. The Labute approximate surface area is 71.5 Å². The minimum absolute atomic E-state index is 0. The molecule has 0 saturated heterocycles. The van der Waals surface area contributed by atoms with Gasteiger partial charge in [0.1, 0.15) is 12.6 Å². The second kappa shape index (κ2) is 7.12. The zero-order chi connectivity index (χ0) is 8.85. The van der Waals surface area contributed by atoms with E-state index in [1.165, 1.54) is 6.66 Å². The molecule has 0 spiro atoms. The number of carbonyl (C=O) groups is 1. The predicted octanol–water partition coefficient (Wildman–Crippen LogP) is 0.339. The molecule has 0 aromatic carbocycles. The van der Waals surface area contributed by atoms with Gasteiger partial charge in [-0.25, -0.2) is 0 Å². The number of rotatable bonds is 5. The molecule has 0 radical (unpaired) electrons. The number of aliphatic carboxylic acids is 1. The van der Waals surface area contributed by atoms with Gasteiger partial charge in [-0.15, -0.1) is 4.52 Å². The van der Waals surface area contributed by atoms with Crippen LogP contribution in [0.15, 0.2) is 0 Å². The van der Waals surface area contributed by atoms with Crippen molar-refractivity contribution >= 4 is 14.0 Å². The lowest BCUT2D eigenvalue weighted by atomic mass is 10.2. The van der Waals surface area contributed by atoms with Crippen molar-refractivity contribution in [3.63, 3.8) is 0 Å². The van der Waals surface area contributed by atoms with Gasteiger partial charge in [-0.2, -0.15) is 0 Å². The Hall–Kier alpha value is -0.550. The molecule has 0 saturated carbocycles. The Bertz CT molecular complexity index is 164. The first-order valence-corrected chi connectivity index (χ1v) is 4.68.